The van der Waals surface area contributed by atoms with Gasteiger partial charge in [-0.2, -0.15) is 0 Å². The smallest absolute Gasteiger partial charge is 0.140 e. The average Bonchev–Trinajstić information content (AvgIpc) is 2.70. The lowest BCUT2D eigenvalue weighted by Crippen LogP contribution is -2.36. The SMILES string of the molecule is CC(CC(N)=NO)N(C)CC1CCOC1. The third kappa shape index (κ3) is 4.05. The molecule has 1 heterocycles. The lowest BCUT2D eigenvalue weighted by Gasteiger charge is -2.26. The third-order valence-corrected chi connectivity index (χ3v) is 2.96. The molecule has 1 saturated heterocycles. The van der Waals surface area contributed by atoms with Crippen LogP contribution in [0.4, 0.5) is 0 Å². The van der Waals surface area contributed by atoms with Crippen LogP contribution in [0.25, 0.3) is 0 Å². The van der Waals surface area contributed by atoms with Gasteiger partial charge >= 0.3 is 0 Å². The summed E-state index contributed by atoms with van der Waals surface area (Å²) in [4.78, 5) is 2.23. The van der Waals surface area contributed by atoms with Gasteiger partial charge in [-0.05, 0) is 26.3 Å². The monoisotopic (exact) mass is 215 g/mol. The first-order valence-electron chi connectivity index (χ1n) is 5.38. The van der Waals surface area contributed by atoms with Crippen molar-refractivity contribution in [3.05, 3.63) is 0 Å². The zero-order valence-corrected chi connectivity index (χ0v) is 9.52. The number of amidine groups is 1. The Morgan fingerprint density at radius 1 is 1.73 bits per heavy atom. The average molecular weight is 215 g/mol. The molecule has 1 rings (SSSR count). The van der Waals surface area contributed by atoms with Crippen LogP contribution in [0.3, 0.4) is 0 Å². The van der Waals surface area contributed by atoms with E-state index >= 15 is 0 Å². The van der Waals surface area contributed by atoms with Gasteiger partial charge in [0.25, 0.3) is 0 Å². The molecule has 5 nitrogen and oxygen atoms in total. The van der Waals surface area contributed by atoms with E-state index < -0.39 is 0 Å². The fraction of sp³-hybridized carbons (Fsp3) is 0.900. The van der Waals surface area contributed by atoms with Crippen LogP contribution in [0.15, 0.2) is 5.16 Å². The van der Waals surface area contributed by atoms with Crippen molar-refractivity contribution < 1.29 is 9.94 Å². The molecule has 3 N–H and O–H groups in total. The molecule has 5 heteroatoms. The second kappa shape index (κ2) is 5.92. The van der Waals surface area contributed by atoms with E-state index in [9.17, 15) is 0 Å². The number of oxime groups is 1. The lowest BCUT2D eigenvalue weighted by molar-refractivity contribution is 0.164. The minimum atomic E-state index is 0.289. The Kier molecular flexibility index (Phi) is 4.84. The standard InChI is InChI=1S/C10H21N3O2/c1-8(5-10(11)12-14)13(2)6-9-3-4-15-7-9/h8-9,14H,3-7H2,1-2H3,(H2,11,12). The van der Waals surface area contributed by atoms with E-state index in [0.717, 1.165) is 26.2 Å². The molecule has 1 aliphatic rings. The highest BCUT2D eigenvalue weighted by molar-refractivity contribution is 5.80. The van der Waals surface area contributed by atoms with Crippen LogP contribution >= 0.6 is 0 Å². The van der Waals surface area contributed by atoms with Crippen molar-refractivity contribution in [3.63, 3.8) is 0 Å². The Morgan fingerprint density at radius 3 is 3.00 bits per heavy atom. The van der Waals surface area contributed by atoms with Crippen LogP contribution in [0, 0.1) is 5.92 Å². The highest BCUT2D eigenvalue weighted by Crippen LogP contribution is 2.15. The Balaban J connectivity index is 2.28. The first kappa shape index (κ1) is 12.3. The maximum atomic E-state index is 8.47. The highest BCUT2D eigenvalue weighted by Gasteiger charge is 2.20. The normalized spacial score (nSPS) is 24.7. The van der Waals surface area contributed by atoms with Gasteiger partial charge in [0.1, 0.15) is 5.84 Å². The maximum absolute atomic E-state index is 8.47. The van der Waals surface area contributed by atoms with Gasteiger partial charge in [-0.15, -0.1) is 0 Å². The molecular formula is C10H21N3O2. The van der Waals surface area contributed by atoms with Gasteiger partial charge in [0, 0.05) is 25.6 Å². The van der Waals surface area contributed by atoms with Crippen LogP contribution in [0.1, 0.15) is 19.8 Å². The summed E-state index contributed by atoms with van der Waals surface area (Å²) in [6, 6.07) is 0.293. The van der Waals surface area contributed by atoms with E-state index in [1.54, 1.807) is 0 Å². The Hall–Kier alpha value is -0.810. The first-order valence-corrected chi connectivity index (χ1v) is 5.38. The summed E-state index contributed by atoms with van der Waals surface area (Å²) in [5, 5.41) is 11.5. The summed E-state index contributed by atoms with van der Waals surface area (Å²) in [5.41, 5.74) is 5.47. The van der Waals surface area contributed by atoms with Gasteiger partial charge in [0.2, 0.25) is 0 Å². The molecule has 1 aliphatic heterocycles. The van der Waals surface area contributed by atoms with Crippen molar-refractivity contribution in [2.75, 3.05) is 26.8 Å². The highest BCUT2D eigenvalue weighted by atomic mass is 16.5. The molecule has 15 heavy (non-hydrogen) atoms. The topological polar surface area (TPSA) is 71.1 Å². The predicted octanol–water partition coefficient (Wildman–Crippen LogP) is 0.480. The van der Waals surface area contributed by atoms with Crippen molar-refractivity contribution in [1.29, 1.82) is 0 Å². The maximum Gasteiger partial charge on any atom is 0.140 e. The molecule has 88 valence electrons. The minimum Gasteiger partial charge on any atom is -0.409 e. The molecule has 0 radical (unpaired) electrons. The molecule has 0 amide bonds. The summed E-state index contributed by atoms with van der Waals surface area (Å²) in [6.07, 6.45) is 1.74. The summed E-state index contributed by atoms with van der Waals surface area (Å²) >= 11 is 0. The Bertz CT molecular complexity index is 215. The number of nitrogens with zero attached hydrogens (tertiary/aromatic N) is 2. The van der Waals surface area contributed by atoms with E-state index in [2.05, 4.69) is 24.0 Å². The summed E-state index contributed by atoms with van der Waals surface area (Å²) in [7, 11) is 2.06. The molecule has 2 unspecified atom stereocenters. The van der Waals surface area contributed by atoms with Crippen molar-refractivity contribution >= 4 is 5.84 Å². The molecule has 0 aromatic rings. The number of ether oxygens (including phenoxy) is 1. The minimum absolute atomic E-state index is 0.289. The first-order chi connectivity index (χ1) is 7.13. The molecule has 0 aromatic heterocycles. The number of rotatable bonds is 5. The quantitative estimate of drug-likeness (QED) is 0.303. The molecule has 0 aliphatic carbocycles. The van der Waals surface area contributed by atoms with E-state index in [-0.39, 0.29) is 5.84 Å². The van der Waals surface area contributed by atoms with Gasteiger partial charge in [0.15, 0.2) is 0 Å². The molecule has 0 spiro atoms. The molecule has 2 atom stereocenters. The number of nitrogens with two attached hydrogens (primary N) is 1. The summed E-state index contributed by atoms with van der Waals surface area (Å²) in [5.74, 6) is 0.918. The van der Waals surface area contributed by atoms with Crippen LogP contribution in [0.2, 0.25) is 0 Å². The number of hydrogen-bond acceptors (Lipinski definition) is 4. The van der Waals surface area contributed by atoms with Crippen molar-refractivity contribution in [3.8, 4) is 0 Å². The Morgan fingerprint density at radius 2 is 2.47 bits per heavy atom. The van der Waals surface area contributed by atoms with Gasteiger partial charge in [-0.1, -0.05) is 5.16 Å². The number of hydrogen-bond donors (Lipinski definition) is 2. The van der Waals surface area contributed by atoms with Crippen LogP contribution in [0.5, 0.6) is 0 Å². The van der Waals surface area contributed by atoms with Gasteiger partial charge in [-0.3, -0.25) is 0 Å². The zero-order chi connectivity index (χ0) is 11.3. The van der Waals surface area contributed by atoms with E-state index in [1.807, 2.05) is 0 Å². The van der Waals surface area contributed by atoms with E-state index in [4.69, 9.17) is 15.7 Å². The van der Waals surface area contributed by atoms with Crippen molar-refractivity contribution in [1.82, 2.24) is 4.90 Å². The van der Waals surface area contributed by atoms with Crippen molar-refractivity contribution in [2.24, 2.45) is 16.8 Å². The summed E-state index contributed by atoms with van der Waals surface area (Å²) in [6.45, 7) is 4.83. The fourth-order valence-electron chi connectivity index (χ4n) is 1.81. The van der Waals surface area contributed by atoms with Gasteiger partial charge < -0.3 is 20.6 Å². The second-order valence-corrected chi connectivity index (χ2v) is 4.31. The second-order valence-electron chi connectivity index (χ2n) is 4.31. The van der Waals surface area contributed by atoms with Crippen LogP contribution in [-0.4, -0.2) is 48.8 Å². The van der Waals surface area contributed by atoms with Crippen molar-refractivity contribution in [2.45, 2.75) is 25.8 Å². The molecule has 1 fully saturated rings. The van der Waals surface area contributed by atoms with Crippen LogP contribution < -0.4 is 5.73 Å². The third-order valence-electron chi connectivity index (χ3n) is 2.96. The van der Waals surface area contributed by atoms with Gasteiger partial charge in [0.05, 0.1) is 6.61 Å². The molecule has 0 bridgehead atoms. The zero-order valence-electron chi connectivity index (χ0n) is 9.52. The predicted molar refractivity (Wildman–Crippen MR) is 59.0 cm³/mol. The summed E-state index contributed by atoms with van der Waals surface area (Å²) < 4.78 is 5.32. The molecule has 0 aromatic carbocycles. The molecule has 0 saturated carbocycles. The van der Waals surface area contributed by atoms with Gasteiger partial charge in [-0.25, -0.2) is 0 Å². The fourth-order valence-corrected chi connectivity index (χ4v) is 1.81. The van der Waals surface area contributed by atoms with E-state index in [1.165, 1.54) is 0 Å². The van der Waals surface area contributed by atoms with E-state index in [0.29, 0.717) is 18.4 Å². The Labute approximate surface area is 90.9 Å². The lowest BCUT2D eigenvalue weighted by atomic mass is 10.1. The largest absolute Gasteiger partial charge is 0.409 e. The van der Waals surface area contributed by atoms with Crippen LogP contribution in [-0.2, 0) is 4.74 Å². The molecular weight excluding hydrogens is 194 g/mol.